The Hall–Kier alpha value is -2.03. The molecule has 0 fully saturated rings. The highest BCUT2D eigenvalue weighted by Gasteiger charge is 2.07. The van der Waals surface area contributed by atoms with E-state index in [1.807, 2.05) is 31.2 Å². The van der Waals surface area contributed by atoms with E-state index in [2.05, 4.69) is 5.32 Å². The maximum atomic E-state index is 11.6. The minimum Gasteiger partial charge on any atom is -0.459 e. The van der Waals surface area contributed by atoms with E-state index >= 15 is 0 Å². The van der Waals surface area contributed by atoms with Crippen molar-refractivity contribution < 1.29 is 9.21 Å². The Kier molecular flexibility index (Phi) is 2.54. The van der Waals surface area contributed by atoms with Crippen molar-refractivity contribution in [2.24, 2.45) is 0 Å². The predicted octanol–water partition coefficient (Wildman–Crippen LogP) is 2.84. The van der Waals surface area contributed by atoms with Crippen molar-refractivity contribution in [1.29, 1.82) is 0 Å². The zero-order valence-corrected chi connectivity index (χ0v) is 8.36. The second-order valence-corrected chi connectivity index (χ2v) is 3.30. The number of carbonyl (C=O) groups is 1. The fourth-order valence-corrected chi connectivity index (χ4v) is 1.32. The van der Waals surface area contributed by atoms with Crippen LogP contribution in [0.15, 0.2) is 47.1 Å². The van der Waals surface area contributed by atoms with Crippen LogP contribution in [0.2, 0.25) is 0 Å². The van der Waals surface area contributed by atoms with Gasteiger partial charge in [-0.25, -0.2) is 0 Å². The van der Waals surface area contributed by atoms with E-state index in [1.165, 1.54) is 6.26 Å². The average Bonchev–Trinajstić information content (AvgIpc) is 2.70. The van der Waals surface area contributed by atoms with Gasteiger partial charge >= 0.3 is 0 Å². The Morgan fingerprint density at radius 3 is 2.80 bits per heavy atom. The van der Waals surface area contributed by atoms with Gasteiger partial charge in [-0.15, -0.1) is 0 Å². The van der Waals surface area contributed by atoms with Gasteiger partial charge in [0.2, 0.25) is 0 Å². The van der Waals surface area contributed by atoms with Gasteiger partial charge in [-0.1, -0.05) is 12.1 Å². The van der Waals surface area contributed by atoms with E-state index < -0.39 is 0 Å². The van der Waals surface area contributed by atoms with E-state index in [0.29, 0.717) is 5.76 Å². The minimum absolute atomic E-state index is 0.231. The molecule has 0 aliphatic carbocycles. The third kappa shape index (κ3) is 2.26. The van der Waals surface area contributed by atoms with Crippen LogP contribution in [0, 0.1) is 6.92 Å². The van der Waals surface area contributed by atoms with Crippen molar-refractivity contribution in [2.45, 2.75) is 6.92 Å². The van der Waals surface area contributed by atoms with Crippen molar-refractivity contribution in [2.75, 3.05) is 5.32 Å². The number of aryl methyl sites for hydroxylation is 1. The van der Waals surface area contributed by atoms with Crippen LogP contribution in [0.5, 0.6) is 0 Å². The largest absolute Gasteiger partial charge is 0.459 e. The summed E-state index contributed by atoms with van der Waals surface area (Å²) in [5, 5.41) is 2.75. The molecule has 2 aromatic rings. The fourth-order valence-electron chi connectivity index (χ4n) is 1.32. The molecule has 3 heteroatoms. The molecule has 0 aliphatic rings. The molecule has 0 atom stereocenters. The van der Waals surface area contributed by atoms with Gasteiger partial charge in [-0.2, -0.15) is 0 Å². The molecule has 3 nitrogen and oxygen atoms in total. The summed E-state index contributed by atoms with van der Waals surface area (Å²) >= 11 is 0. The normalized spacial score (nSPS) is 9.93. The molecule has 0 bridgehead atoms. The second kappa shape index (κ2) is 4.00. The smallest absolute Gasteiger partial charge is 0.291 e. The number of rotatable bonds is 2. The number of hydrogen-bond acceptors (Lipinski definition) is 2. The van der Waals surface area contributed by atoms with E-state index in [0.717, 1.165) is 11.3 Å². The SMILES string of the molecule is Cc1cccc(NC(=O)c2ccco2)c1. The molecule has 0 radical (unpaired) electrons. The summed E-state index contributed by atoms with van der Waals surface area (Å²) in [6.07, 6.45) is 1.48. The van der Waals surface area contributed by atoms with Gasteiger partial charge in [0.1, 0.15) is 0 Å². The molecule has 0 aliphatic heterocycles. The molecule has 0 saturated carbocycles. The summed E-state index contributed by atoms with van der Waals surface area (Å²) in [7, 11) is 0. The third-order valence-corrected chi connectivity index (χ3v) is 2.02. The van der Waals surface area contributed by atoms with Crippen LogP contribution in [0.25, 0.3) is 0 Å². The summed E-state index contributed by atoms with van der Waals surface area (Å²) in [5.74, 6) is 0.0853. The van der Waals surface area contributed by atoms with Crippen LogP contribution < -0.4 is 5.32 Å². The highest BCUT2D eigenvalue weighted by Crippen LogP contribution is 2.11. The number of anilines is 1. The topological polar surface area (TPSA) is 42.2 Å². The number of amides is 1. The average molecular weight is 201 g/mol. The lowest BCUT2D eigenvalue weighted by Crippen LogP contribution is -2.10. The number of benzene rings is 1. The molecule has 76 valence electrons. The molecule has 2 rings (SSSR count). The number of nitrogens with one attached hydrogen (secondary N) is 1. The standard InChI is InChI=1S/C12H11NO2/c1-9-4-2-5-10(8-9)13-12(14)11-6-3-7-15-11/h2-8H,1H3,(H,13,14). The molecule has 1 aromatic carbocycles. The molecular formula is C12H11NO2. The van der Waals surface area contributed by atoms with Gasteiger partial charge in [-0.3, -0.25) is 4.79 Å². The van der Waals surface area contributed by atoms with Gasteiger partial charge in [0, 0.05) is 5.69 Å². The molecule has 1 N–H and O–H groups in total. The zero-order chi connectivity index (χ0) is 10.7. The molecule has 0 spiro atoms. The summed E-state index contributed by atoms with van der Waals surface area (Å²) in [6.45, 7) is 1.97. The van der Waals surface area contributed by atoms with Crippen molar-refractivity contribution in [3.8, 4) is 0 Å². The lowest BCUT2D eigenvalue weighted by molar-refractivity contribution is 0.0996. The highest BCUT2D eigenvalue weighted by atomic mass is 16.3. The Morgan fingerprint density at radius 2 is 2.13 bits per heavy atom. The van der Waals surface area contributed by atoms with E-state index in [9.17, 15) is 4.79 Å². The number of furan rings is 1. The van der Waals surface area contributed by atoms with Crippen molar-refractivity contribution >= 4 is 11.6 Å². The number of hydrogen-bond donors (Lipinski definition) is 1. The fraction of sp³-hybridized carbons (Fsp3) is 0.0833. The Bertz CT molecular complexity index is 460. The Balaban J connectivity index is 2.13. The van der Waals surface area contributed by atoms with E-state index in [4.69, 9.17) is 4.42 Å². The summed E-state index contributed by atoms with van der Waals surface area (Å²) in [6, 6.07) is 10.9. The van der Waals surface area contributed by atoms with Crippen LogP contribution in [0.1, 0.15) is 16.1 Å². The van der Waals surface area contributed by atoms with Crippen molar-refractivity contribution in [3.05, 3.63) is 54.0 Å². The lowest BCUT2D eigenvalue weighted by Gasteiger charge is -2.03. The molecule has 0 unspecified atom stereocenters. The van der Waals surface area contributed by atoms with E-state index in [1.54, 1.807) is 12.1 Å². The van der Waals surface area contributed by atoms with Crippen LogP contribution in [-0.4, -0.2) is 5.91 Å². The van der Waals surface area contributed by atoms with Gasteiger partial charge in [0.05, 0.1) is 6.26 Å². The highest BCUT2D eigenvalue weighted by molar-refractivity contribution is 6.02. The zero-order valence-electron chi connectivity index (χ0n) is 8.36. The van der Waals surface area contributed by atoms with Crippen molar-refractivity contribution in [1.82, 2.24) is 0 Å². The third-order valence-electron chi connectivity index (χ3n) is 2.02. The van der Waals surface area contributed by atoms with Crippen LogP contribution in [-0.2, 0) is 0 Å². The van der Waals surface area contributed by atoms with Gasteiger partial charge in [0.25, 0.3) is 5.91 Å². The predicted molar refractivity (Wildman–Crippen MR) is 57.8 cm³/mol. The number of carbonyl (C=O) groups excluding carboxylic acids is 1. The molecule has 1 amide bonds. The first kappa shape index (κ1) is 9.52. The molecule has 15 heavy (non-hydrogen) atoms. The monoisotopic (exact) mass is 201 g/mol. The summed E-state index contributed by atoms with van der Waals surface area (Å²) in [5.41, 5.74) is 1.88. The Labute approximate surface area is 87.7 Å². The molecule has 1 heterocycles. The first-order chi connectivity index (χ1) is 7.25. The first-order valence-corrected chi connectivity index (χ1v) is 4.67. The first-order valence-electron chi connectivity index (χ1n) is 4.67. The minimum atomic E-state index is -0.231. The van der Waals surface area contributed by atoms with Gasteiger partial charge < -0.3 is 9.73 Å². The maximum Gasteiger partial charge on any atom is 0.291 e. The van der Waals surface area contributed by atoms with Gasteiger partial charge in [0.15, 0.2) is 5.76 Å². The lowest BCUT2D eigenvalue weighted by atomic mass is 10.2. The van der Waals surface area contributed by atoms with Gasteiger partial charge in [-0.05, 0) is 36.8 Å². The van der Waals surface area contributed by atoms with E-state index in [-0.39, 0.29) is 5.91 Å². The molecule has 0 saturated heterocycles. The van der Waals surface area contributed by atoms with Crippen LogP contribution >= 0.6 is 0 Å². The van der Waals surface area contributed by atoms with Crippen LogP contribution in [0.4, 0.5) is 5.69 Å². The second-order valence-electron chi connectivity index (χ2n) is 3.30. The molecule has 1 aromatic heterocycles. The maximum absolute atomic E-state index is 11.6. The van der Waals surface area contributed by atoms with Crippen LogP contribution in [0.3, 0.4) is 0 Å². The quantitative estimate of drug-likeness (QED) is 0.811. The summed E-state index contributed by atoms with van der Waals surface area (Å²) < 4.78 is 4.99. The summed E-state index contributed by atoms with van der Waals surface area (Å²) in [4.78, 5) is 11.6. The van der Waals surface area contributed by atoms with Crippen molar-refractivity contribution in [3.63, 3.8) is 0 Å². The Morgan fingerprint density at radius 1 is 1.27 bits per heavy atom. The molecular weight excluding hydrogens is 190 g/mol.